The van der Waals surface area contributed by atoms with Crippen molar-refractivity contribution in [2.75, 3.05) is 5.32 Å². The number of amides is 2. The molecular weight excluding hydrogens is 516 g/mol. The zero-order valence-corrected chi connectivity index (χ0v) is 23.2. The van der Waals surface area contributed by atoms with E-state index in [9.17, 15) is 9.59 Å². The van der Waals surface area contributed by atoms with Crippen LogP contribution in [0.15, 0.2) is 59.7 Å². The number of nitrogens with one attached hydrogen (secondary N) is 2. The van der Waals surface area contributed by atoms with E-state index in [1.165, 1.54) is 10.4 Å². The van der Waals surface area contributed by atoms with Gasteiger partial charge in [0, 0.05) is 38.1 Å². The second kappa shape index (κ2) is 11.0. The van der Waals surface area contributed by atoms with Gasteiger partial charge in [-0.2, -0.15) is 5.10 Å². The number of benzene rings is 2. The van der Waals surface area contributed by atoms with Crippen LogP contribution in [-0.4, -0.2) is 22.6 Å². The van der Waals surface area contributed by atoms with Crippen LogP contribution < -0.4 is 10.7 Å². The lowest BCUT2D eigenvalue weighted by molar-refractivity contribution is 0.0954. The van der Waals surface area contributed by atoms with E-state index >= 15 is 0 Å². The number of nitrogens with zero attached hydrogens (tertiary/aromatic N) is 2. The Hall–Kier alpha value is -3.68. The number of aryl methyl sites for hydroxylation is 3. The van der Waals surface area contributed by atoms with Crippen molar-refractivity contribution in [1.29, 1.82) is 0 Å². The second-order valence-corrected chi connectivity index (χ2v) is 11.1. The van der Waals surface area contributed by atoms with Crippen molar-refractivity contribution < 1.29 is 9.59 Å². The molecule has 2 aromatic carbocycles. The number of aromatic nitrogens is 1. The molecule has 0 unspecified atom stereocenters. The van der Waals surface area contributed by atoms with E-state index in [2.05, 4.69) is 20.4 Å². The number of hydrazone groups is 1. The Balaban J connectivity index is 1.45. The minimum absolute atomic E-state index is 0.0822. The largest absolute Gasteiger partial charge is 0.322 e. The first-order chi connectivity index (χ1) is 18.3. The van der Waals surface area contributed by atoms with E-state index in [0.717, 1.165) is 64.4 Å². The van der Waals surface area contributed by atoms with E-state index in [0.29, 0.717) is 10.6 Å². The number of hydrogen-bond acceptors (Lipinski definition) is 4. The molecule has 4 aromatic rings. The molecule has 0 atom stereocenters. The third-order valence-corrected chi connectivity index (χ3v) is 8.37. The van der Waals surface area contributed by atoms with E-state index in [1.54, 1.807) is 41.8 Å². The molecule has 6 nitrogen and oxygen atoms in total. The average Bonchev–Trinajstić information content (AvgIpc) is 3.41. The topological polar surface area (TPSA) is 75.5 Å². The molecule has 2 aromatic heterocycles. The first-order valence-electron chi connectivity index (χ1n) is 12.6. The highest BCUT2D eigenvalue weighted by atomic mass is 35.5. The van der Waals surface area contributed by atoms with Gasteiger partial charge in [0.25, 0.3) is 11.8 Å². The molecule has 0 radical (unpaired) electrons. The number of carbonyl (C=O) groups excluding carboxylic acids is 2. The van der Waals surface area contributed by atoms with Crippen molar-refractivity contribution in [3.05, 3.63) is 104 Å². The number of thiophene rings is 1. The first-order valence-corrected chi connectivity index (χ1v) is 13.8. The van der Waals surface area contributed by atoms with E-state index in [-0.39, 0.29) is 11.8 Å². The van der Waals surface area contributed by atoms with Gasteiger partial charge in [-0.1, -0.05) is 29.3 Å². The highest BCUT2D eigenvalue weighted by Gasteiger charge is 2.28. The fourth-order valence-corrected chi connectivity index (χ4v) is 6.45. The monoisotopic (exact) mass is 544 g/mol. The van der Waals surface area contributed by atoms with Gasteiger partial charge >= 0.3 is 0 Å². The molecule has 38 heavy (non-hydrogen) atoms. The summed E-state index contributed by atoms with van der Waals surface area (Å²) in [5.41, 5.74) is 9.73. The quantitative estimate of drug-likeness (QED) is 0.202. The molecule has 1 aliphatic rings. The van der Waals surface area contributed by atoms with Crippen LogP contribution in [0.2, 0.25) is 5.02 Å². The number of rotatable bonds is 6. The fourth-order valence-electron chi connectivity index (χ4n) is 4.83. The summed E-state index contributed by atoms with van der Waals surface area (Å²) < 4.78 is 2.13. The van der Waals surface area contributed by atoms with Crippen molar-refractivity contribution in [2.24, 2.45) is 5.10 Å². The molecule has 0 fully saturated rings. The lowest BCUT2D eigenvalue weighted by atomic mass is 9.95. The zero-order chi connectivity index (χ0) is 26.8. The van der Waals surface area contributed by atoms with Gasteiger partial charge in [0.05, 0.1) is 11.8 Å². The van der Waals surface area contributed by atoms with Crippen LogP contribution in [-0.2, 0) is 12.8 Å². The Morgan fingerprint density at radius 1 is 0.974 bits per heavy atom. The summed E-state index contributed by atoms with van der Waals surface area (Å²) >= 11 is 7.61. The Bertz CT molecular complexity index is 1530. The molecule has 194 valence electrons. The predicted molar refractivity (Wildman–Crippen MR) is 155 cm³/mol. The summed E-state index contributed by atoms with van der Waals surface area (Å²) in [4.78, 5) is 27.4. The molecule has 8 heteroatoms. The minimum atomic E-state index is -0.312. The smallest absolute Gasteiger partial charge is 0.271 e. The van der Waals surface area contributed by atoms with Crippen LogP contribution in [0, 0.1) is 20.8 Å². The Kier molecular flexibility index (Phi) is 7.49. The molecule has 0 bridgehead atoms. The van der Waals surface area contributed by atoms with Gasteiger partial charge in [0.15, 0.2) is 0 Å². The maximum absolute atomic E-state index is 13.7. The van der Waals surface area contributed by atoms with Crippen LogP contribution in [0.25, 0.3) is 5.00 Å². The van der Waals surface area contributed by atoms with Crippen LogP contribution >= 0.6 is 22.9 Å². The summed E-state index contributed by atoms with van der Waals surface area (Å²) in [7, 11) is 0. The van der Waals surface area contributed by atoms with Gasteiger partial charge in [-0.25, -0.2) is 5.43 Å². The fraction of sp³-hybridized carbons (Fsp3) is 0.233. The van der Waals surface area contributed by atoms with Gasteiger partial charge in [0.2, 0.25) is 0 Å². The number of anilines is 1. The van der Waals surface area contributed by atoms with Crippen LogP contribution in [0.3, 0.4) is 0 Å². The molecular formula is C30H29ClN4O2S. The lowest BCUT2D eigenvalue weighted by Crippen LogP contribution is -2.17. The highest BCUT2D eigenvalue weighted by molar-refractivity contribution is 7.15. The molecule has 2 heterocycles. The van der Waals surface area contributed by atoms with E-state index in [4.69, 9.17) is 11.6 Å². The summed E-state index contributed by atoms with van der Waals surface area (Å²) in [6.07, 6.45) is 5.78. The van der Waals surface area contributed by atoms with Crippen LogP contribution in [0.1, 0.15) is 66.5 Å². The summed E-state index contributed by atoms with van der Waals surface area (Å²) in [6, 6.07) is 16.5. The predicted octanol–water partition coefficient (Wildman–Crippen LogP) is 7.01. The Morgan fingerprint density at radius 3 is 2.42 bits per heavy atom. The van der Waals surface area contributed by atoms with Gasteiger partial charge in [-0.15, -0.1) is 11.3 Å². The average molecular weight is 545 g/mol. The van der Waals surface area contributed by atoms with Gasteiger partial charge < -0.3 is 9.88 Å². The standard InChI is InChI=1S/C30H29ClN4O2S/c1-18-8-14-24(15-9-18)33-29(37)27-25-6-4-5-7-26(25)38-30(27)35-19(2)16-22(20(35)3)17-32-34-28(36)21-10-12-23(31)13-11-21/h8-17H,4-7H2,1-3H3,(H,33,37)(H,34,36)/b32-17-. The molecule has 2 amide bonds. The van der Waals surface area contributed by atoms with Gasteiger partial charge in [-0.3, -0.25) is 9.59 Å². The number of carbonyl (C=O) groups is 2. The van der Waals surface area contributed by atoms with Crippen molar-refractivity contribution >= 4 is 46.7 Å². The van der Waals surface area contributed by atoms with Crippen molar-refractivity contribution in [1.82, 2.24) is 9.99 Å². The molecule has 0 saturated heterocycles. The molecule has 5 rings (SSSR count). The summed E-state index contributed by atoms with van der Waals surface area (Å²) in [6.45, 7) is 6.06. The van der Waals surface area contributed by atoms with Gasteiger partial charge in [-0.05, 0) is 94.5 Å². The maximum Gasteiger partial charge on any atom is 0.271 e. The molecule has 0 aliphatic heterocycles. The van der Waals surface area contributed by atoms with Crippen molar-refractivity contribution in [2.45, 2.75) is 46.5 Å². The molecule has 0 saturated carbocycles. The van der Waals surface area contributed by atoms with E-state index in [1.807, 2.05) is 51.1 Å². The summed E-state index contributed by atoms with van der Waals surface area (Å²) in [5.74, 6) is -0.395. The third kappa shape index (κ3) is 5.30. The SMILES string of the molecule is Cc1ccc(NC(=O)c2c(-n3c(C)cc(/C=N\NC(=O)c4ccc(Cl)cc4)c3C)sc3c2CCCC3)cc1. The highest BCUT2D eigenvalue weighted by Crippen LogP contribution is 2.39. The van der Waals surface area contributed by atoms with Crippen molar-refractivity contribution in [3.8, 4) is 5.00 Å². The second-order valence-electron chi connectivity index (χ2n) is 9.58. The Labute approximate surface area is 231 Å². The summed E-state index contributed by atoms with van der Waals surface area (Å²) in [5, 5.41) is 8.80. The van der Waals surface area contributed by atoms with Crippen LogP contribution in [0.5, 0.6) is 0 Å². The number of hydrogen-bond donors (Lipinski definition) is 2. The number of halogens is 1. The van der Waals surface area contributed by atoms with E-state index < -0.39 is 0 Å². The first kappa shape index (κ1) is 25.9. The zero-order valence-electron chi connectivity index (χ0n) is 21.6. The Morgan fingerprint density at radius 2 is 1.68 bits per heavy atom. The molecule has 2 N–H and O–H groups in total. The third-order valence-electron chi connectivity index (χ3n) is 6.84. The molecule has 1 aliphatic carbocycles. The normalized spacial score (nSPS) is 12.9. The molecule has 0 spiro atoms. The van der Waals surface area contributed by atoms with Crippen LogP contribution in [0.4, 0.5) is 5.69 Å². The number of fused-ring (bicyclic) bond motifs is 1. The minimum Gasteiger partial charge on any atom is -0.322 e. The maximum atomic E-state index is 13.7. The van der Waals surface area contributed by atoms with Crippen molar-refractivity contribution in [3.63, 3.8) is 0 Å². The lowest BCUT2D eigenvalue weighted by Gasteiger charge is -2.14. The van der Waals surface area contributed by atoms with Gasteiger partial charge in [0.1, 0.15) is 5.00 Å².